The summed E-state index contributed by atoms with van der Waals surface area (Å²) in [5.74, 6) is 0.0235. The largest absolute Gasteiger partial charge is 0.573 e. The minimum Gasteiger partial charge on any atom is -0.491 e. The molecule has 4 nitrogen and oxygen atoms in total. The third kappa shape index (κ3) is 6.66. The van der Waals surface area contributed by atoms with E-state index in [4.69, 9.17) is 4.74 Å². The zero-order chi connectivity index (χ0) is 19.2. The summed E-state index contributed by atoms with van der Waals surface area (Å²) in [5, 5.41) is 2.61. The molecule has 7 heteroatoms. The van der Waals surface area contributed by atoms with E-state index in [0.29, 0.717) is 5.75 Å². The fraction of sp³-hybridized carbons (Fsp3) is 0.316. The van der Waals surface area contributed by atoms with Crippen LogP contribution in [0.2, 0.25) is 0 Å². The van der Waals surface area contributed by atoms with Crippen LogP contribution in [0.25, 0.3) is 0 Å². The minimum atomic E-state index is -4.78. The molecule has 0 aliphatic rings. The third-order valence-electron chi connectivity index (χ3n) is 3.31. The highest BCUT2D eigenvalue weighted by atomic mass is 19.4. The van der Waals surface area contributed by atoms with Crippen molar-refractivity contribution in [3.05, 3.63) is 59.7 Å². The molecule has 0 radical (unpaired) electrons. The lowest BCUT2D eigenvalue weighted by Crippen LogP contribution is -2.25. The van der Waals surface area contributed by atoms with Gasteiger partial charge in [-0.25, -0.2) is 0 Å². The number of benzene rings is 2. The Kier molecular flexibility index (Phi) is 6.49. The molecule has 0 spiro atoms. The van der Waals surface area contributed by atoms with Gasteiger partial charge in [-0.3, -0.25) is 4.79 Å². The summed E-state index contributed by atoms with van der Waals surface area (Å²) in [4.78, 5) is 12.1. The Morgan fingerprint density at radius 2 is 1.85 bits per heavy atom. The Morgan fingerprint density at radius 3 is 2.54 bits per heavy atom. The van der Waals surface area contributed by atoms with Crippen LogP contribution in [-0.2, 0) is 17.8 Å². The molecule has 0 atom stereocenters. The van der Waals surface area contributed by atoms with Crippen LogP contribution in [0, 0.1) is 0 Å². The van der Waals surface area contributed by atoms with Crippen molar-refractivity contribution >= 4 is 5.91 Å². The van der Waals surface area contributed by atoms with Crippen molar-refractivity contribution in [3.63, 3.8) is 0 Å². The molecule has 0 unspecified atom stereocenters. The van der Waals surface area contributed by atoms with Crippen LogP contribution in [0.4, 0.5) is 13.2 Å². The predicted octanol–water partition coefficient (Wildman–Crippen LogP) is 4.23. The van der Waals surface area contributed by atoms with E-state index >= 15 is 0 Å². The van der Waals surface area contributed by atoms with Crippen LogP contribution >= 0.6 is 0 Å². The molecule has 140 valence electrons. The van der Waals surface area contributed by atoms with Gasteiger partial charge in [0.1, 0.15) is 11.5 Å². The fourth-order valence-electron chi connectivity index (χ4n) is 2.32. The Balaban J connectivity index is 1.95. The van der Waals surface area contributed by atoms with Gasteiger partial charge in [-0.1, -0.05) is 30.3 Å². The van der Waals surface area contributed by atoms with E-state index in [9.17, 15) is 18.0 Å². The van der Waals surface area contributed by atoms with Crippen LogP contribution in [0.5, 0.6) is 11.5 Å². The first kappa shape index (κ1) is 19.6. The molecule has 26 heavy (non-hydrogen) atoms. The lowest BCUT2D eigenvalue weighted by atomic mass is 10.1. The van der Waals surface area contributed by atoms with E-state index < -0.39 is 6.36 Å². The standard InChI is InChI=1S/C19H20F3NO3/c1-13(2)25-16-8-5-6-14(10-16)11-18(24)23-12-15-7-3-4-9-17(15)26-19(20,21)22/h3-10,13H,11-12H2,1-2H3,(H,23,24). The van der Waals surface area contributed by atoms with E-state index in [0.717, 1.165) is 5.56 Å². The number of carbonyl (C=O) groups excluding carboxylic acids is 1. The second-order valence-corrected chi connectivity index (χ2v) is 5.92. The van der Waals surface area contributed by atoms with Crippen molar-refractivity contribution in [2.45, 2.75) is 39.3 Å². The van der Waals surface area contributed by atoms with Gasteiger partial charge in [-0.15, -0.1) is 13.2 Å². The number of alkyl halides is 3. The van der Waals surface area contributed by atoms with Gasteiger partial charge in [-0.05, 0) is 37.6 Å². The number of rotatable bonds is 7. The summed E-state index contributed by atoms with van der Waals surface area (Å²) in [6.45, 7) is 3.74. The molecule has 2 aromatic rings. The van der Waals surface area contributed by atoms with Crippen LogP contribution in [0.15, 0.2) is 48.5 Å². The van der Waals surface area contributed by atoms with Crippen molar-refractivity contribution in [3.8, 4) is 11.5 Å². The number of nitrogens with one attached hydrogen (secondary N) is 1. The van der Waals surface area contributed by atoms with Crippen molar-refractivity contribution in [1.29, 1.82) is 0 Å². The van der Waals surface area contributed by atoms with Gasteiger partial charge in [0.05, 0.1) is 12.5 Å². The molecule has 0 bridgehead atoms. The molecule has 0 aromatic heterocycles. The van der Waals surface area contributed by atoms with Gasteiger partial charge in [0.2, 0.25) is 5.91 Å². The van der Waals surface area contributed by atoms with Crippen LogP contribution in [0.1, 0.15) is 25.0 Å². The zero-order valence-corrected chi connectivity index (χ0v) is 14.5. The Morgan fingerprint density at radius 1 is 1.12 bits per heavy atom. The molecule has 2 rings (SSSR count). The zero-order valence-electron chi connectivity index (χ0n) is 14.5. The number of hydrogen-bond donors (Lipinski definition) is 1. The minimum absolute atomic E-state index is 0.0178. The van der Waals surface area contributed by atoms with E-state index in [1.807, 2.05) is 13.8 Å². The average Bonchev–Trinajstić information content (AvgIpc) is 2.52. The maximum Gasteiger partial charge on any atom is 0.573 e. The monoisotopic (exact) mass is 367 g/mol. The van der Waals surface area contributed by atoms with Gasteiger partial charge >= 0.3 is 6.36 Å². The molecule has 0 aliphatic carbocycles. The molecule has 0 saturated carbocycles. The van der Waals surface area contributed by atoms with Gasteiger partial charge in [0, 0.05) is 12.1 Å². The molecular weight excluding hydrogens is 347 g/mol. The molecule has 1 N–H and O–H groups in total. The lowest BCUT2D eigenvalue weighted by molar-refractivity contribution is -0.274. The van der Waals surface area contributed by atoms with Crippen LogP contribution < -0.4 is 14.8 Å². The molecule has 2 aromatic carbocycles. The fourth-order valence-corrected chi connectivity index (χ4v) is 2.32. The average molecular weight is 367 g/mol. The predicted molar refractivity (Wildman–Crippen MR) is 90.9 cm³/mol. The second kappa shape index (κ2) is 8.60. The summed E-state index contributed by atoms with van der Waals surface area (Å²) in [6, 6.07) is 12.8. The second-order valence-electron chi connectivity index (χ2n) is 5.92. The number of carbonyl (C=O) groups is 1. The van der Waals surface area contributed by atoms with E-state index in [-0.39, 0.29) is 36.3 Å². The van der Waals surface area contributed by atoms with Crippen LogP contribution in [-0.4, -0.2) is 18.4 Å². The van der Waals surface area contributed by atoms with Crippen molar-refractivity contribution < 1.29 is 27.4 Å². The van der Waals surface area contributed by atoms with Gasteiger partial charge in [0.15, 0.2) is 0 Å². The lowest BCUT2D eigenvalue weighted by Gasteiger charge is -2.14. The van der Waals surface area contributed by atoms with E-state index in [1.165, 1.54) is 18.2 Å². The van der Waals surface area contributed by atoms with Crippen molar-refractivity contribution in [1.82, 2.24) is 5.32 Å². The normalized spacial score (nSPS) is 11.3. The van der Waals surface area contributed by atoms with E-state index in [2.05, 4.69) is 10.1 Å². The summed E-state index contributed by atoms with van der Waals surface area (Å²) in [5.41, 5.74) is 0.996. The smallest absolute Gasteiger partial charge is 0.491 e. The number of amides is 1. The third-order valence-corrected chi connectivity index (χ3v) is 3.31. The Hall–Kier alpha value is -2.70. The van der Waals surface area contributed by atoms with Crippen molar-refractivity contribution in [2.24, 2.45) is 0 Å². The number of hydrogen-bond acceptors (Lipinski definition) is 3. The highest BCUT2D eigenvalue weighted by Gasteiger charge is 2.31. The number of para-hydroxylation sites is 1. The molecular formula is C19H20F3NO3. The molecule has 0 saturated heterocycles. The highest BCUT2D eigenvalue weighted by molar-refractivity contribution is 5.78. The SMILES string of the molecule is CC(C)Oc1cccc(CC(=O)NCc2ccccc2OC(F)(F)F)c1. The highest BCUT2D eigenvalue weighted by Crippen LogP contribution is 2.26. The molecule has 0 aliphatic heterocycles. The summed E-state index contributed by atoms with van der Waals surface area (Å²) in [7, 11) is 0. The van der Waals surface area contributed by atoms with E-state index in [1.54, 1.807) is 30.3 Å². The maximum atomic E-state index is 12.4. The van der Waals surface area contributed by atoms with Gasteiger partial charge in [-0.2, -0.15) is 0 Å². The number of ether oxygens (including phenoxy) is 2. The van der Waals surface area contributed by atoms with Crippen LogP contribution in [0.3, 0.4) is 0 Å². The summed E-state index contributed by atoms with van der Waals surface area (Å²) in [6.07, 6.45) is -4.67. The molecule has 0 fully saturated rings. The quantitative estimate of drug-likeness (QED) is 0.797. The first-order valence-electron chi connectivity index (χ1n) is 8.09. The van der Waals surface area contributed by atoms with Crippen molar-refractivity contribution in [2.75, 3.05) is 0 Å². The Bertz CT molecular complexity index is 745. The first-order valence-corrected chi connectivity index (χ1v) is 8.09. The molecule has 0 heterocycles. The topological polar surface area (TPSA) is 47.6 Å². The summed E-state index contributed by atoms with van der Waals surface area (Å²) < 4.78 is 46.8. The van der Waals surface area contributed by atoms with Gasteiger partial charge < -0.3 is 14.8 Å². The Labute approximate surface area is 149 Å². The first-order chi connectivity index (χ1) is 12.2. The van der Waals surface area contributed by atoms with Gasteiger partial charge in [0.25, 0.3) is 0 Å². The number of halogens is 3. The molecule has 1 amide bonds. The maximum absolute atomic E-state index is 12.4. The summed E-state index contributed by atoms with van der Waals surface area (Å²) >= 11 is 0.